The van der Waals surface area contributed by atoms with E-state index in [1.807, 2.05) is 42.2 Å². The molecule has 6 nitrogen and oxygen atoms in total. The summed E-state index contributed by atoms with van der Waals surface area (Å²) in [7, 11) is 0. The van der Waals surface area contributed by atoms with Gasteiger partial charge in [-0.25, -0.2) is 0 Å². The van der Waals surface area contributed by atoms with E-state index in [1.54, 1.807) is 6.07 Å². The Bertz CT molecular complexity index is 944. The van der Waals surface area contributed by atoms with Crippen molar-refractivity contribution in [2.24, 2.45) is 5.92 Å². The maximum absolute atomic E-state index is 12.8. The molecule has 1 atom stereocenters. The molecule has 0 radical (unpaired) electrons. The Morgan fingerprint density at radius 2 is 2.15 bits per heavy atom. The molecule has 4 rings (SSSR count). The van der Waals surface area contributed by atoms with E-state index >= 15 is 0 Å². The van der Waals surface area contributed by atoms with E-state index < -0.39 is 0 Å². The normalized spacial score (nSPS) is 16.8. The van der Waals surface area contributed by atoms with Gasteiger partial charge in [0, 0.05) is 19.2 Å². The molecule has 0 spiro atoms. The van der Waals surface area contributed by atoms with E-state index in [0.29, 0.717) is 23.1 Å². The number of amides is 1. The van der Waals surface area contributed by atoms with Crippen LogP contribution in [-0.2, 0) is 13.0 Å². The van der Waals surface area contributed by atoms with Crippen molar-refractivity contribution in [2.75, 3.05) is 13.1 Å². The predicted octanol–water partition coefficient (Wildman–Crippen LogP) is 3.18. The van der Waals surface area contributed by atoms with Crippen LogP contribution in [-0.4, -0.2) is 39.2 Å². The number of nitrogens with zero attached hydrogens (tertiary/aromatic N) is 2. The van der Waals surface area contributed by atoms with E-state index in [9.17, 15) is 9.90 Å². The second-order valence-corrected chi connectivity index (χ2v) is 7.17. The van der Waals surface area contributed by atoms with Gasteiger partial charge < -0.3 is 14.4 Å². The van der Waals surface area contributed by atoms with E-state index in [2.05, 4.69) is 16.3 Å². The average molecular weight is 365 g/mol. The van der Waals surface area contributed by atoms with Gasteiger partial charge in [-0.2, -0.15) is 5.10 Å². The molecule has 27 heavy (non-hydrogen) atoms. The fraction of sp³-hybridized carbons (Fsp3) is 0.333. The van der Waals surface area contributed by atoms with Crippen LogP contribution in [0.1, 0.15) is 33.8 Å². The van der Waals surface area contributed by atoms with Crippen LogP contribution >= 0.6 is 0 Å². The number of aryl methyl sites for hydroxylation is 1. The molecule has 1 saturated heterocycles. The van der Waals surface area contributed by atoms with E-state index in [4.69, 9.17) is 4.42 Å². The molecule has 0 unspecified atom stereocenters. The molecule has 1 aliphatic rings. The summed E-state index contributed by atoms with van der Waals surface area (Å²) in [6.07, 6.45) is 1.89. The predicted molar refractivity (Wildman–Crippen MR) is 101 cm³/mol. The number of aromatic nitrogens is 2. The van der Waals surface area contributed by atoms with Crippen LogP contribution in [0.4, 0.5) is 0 Å². The van der Waals surface area contributed by atoms with Crippen LogP contribution in [0, 0.1) is 12.8 Å². The van der Waals surface area contributed by atoms with Gasteiger partial charge in [0.05, 0.1) is 6.61 Å². The average Bonchev–Trinajstić information content (AvgIpc) is 3.41. The molecule has 2 aromatic heterocycles. The first-order valence-electron chi connectivity index (χ1n) is 9.22. The highest BCUT2D eigenvalue weighted by molar-refractivity contribution is 5.93. The Balaban J connectivity index is 1.40. The number of hydrogen-bond donors (Lipinski definition) is 2. The first-order valence-corrected chi connectivity index (χ1v) is 9.22. The van der Waals surface area contributed by atoms with Crippen LogP contribution in [0.15, 0.2) is 46.9 Å². The fourth-order valence-electron chi connectivity index (χ4n) is 3.67. The second kappa shape index (κ2) is 7.40. The van der Waals surface area contributed by atoms with Gasteiger partial charge >= 0.3 is 0 Å². The van der Waals surface area contributed by atoms with Crippen molar-refractivity contribution in [1.82, 2.24) is 15.1 Å². The molecule has 1 fully saturated rings. The third kappa shape index (κ3) is 3.80. The van der Waals surface area contributed by atoms with Gasteiger partial charge in [0.2, 0.25) is 0 Å². The SMILES string of the molecule is Cc1ccc(-c2cc(C(=O)N3CC[C@@H](Cc4cccc(CO)c4)C3)n[nH]2)o1. The minimum Gasteiger partial charge on any atom is -0.460 e. The van der Waals surface area contributed by atoms with Crippen LogP contribution < -0.4 is 0 Å². The van der Waals surface area contributed by atoms with Crippen LogP contribution in [0.2, 0.25) is 0 Å². The molecule has 140 valence electrons. The number of aromatic amines is 1. The highest BCUT2D eigenvalue weighted by atomic mass is 16.3. The van der Waals surface area contributed by atoms with Crippen LogP contribution in [0.25, 0.3) is 11.5 Å². The maximum Gasteiger partial charge on any atom is 0.274 e. The molecule has 1 aliphatic heterocycles. The molecule has 0 bridgehead atoms. The Morgan fingerprint density at radius 1 is 1.30 bits per heavy atom. The van der Waals surface area contributed by atoms with Gasteiger partial charge in [0.25, 0.3) is 5.91 Å². The number of benzene rings is 1. The summed E-state index contributed by atoms with van der Waals surface area (Å²) in [5.74, 6) is 1.88. The largest absolute Gasteiger partial charge is 0.460 e. The van der Waals surface area contributed by atoms with E-state index in [-0.39, 0.29) is 12.5 Å². The lowest BCUT2D eigenvalue weighted by atomic mass is 9.97. The number of carbonyl (C=O) groups excluding carboxylic acids is 1. The second-order valence-electron chi connectivity index (χ2n) is 7.17. The molecule has 1 amide bonds. The minimum atomic E-state index is -0.0487. The van der Waals surface area contributed by atoms with Crippen molar-refractivity contribution in [1.29, 1.82) is 0 Å². The summed E-state index contributed by atoms with van der Waals surface area (Å²) in [6.45, 7) is 3.40. The number of aliphatic hydroxyl groups excluding tert-OH is 1. The molecule has 0 aliphatic carbocycles. The first-order chi connectivity index (χ1) is 13.1. The van der Waals surface area contributed by atoms with E-state index in [0.717, 1.165) is 37.3 Å². The summed E-state index contributed by atoms with van der Waals surface area (Å²) < 4.78 is 5.58. The van der Waals surface area contributed by atoms with Gasteiger partial charge in [0.15, 0.2) is 11.5 Å². The van der Waals surface area contributed by atoms with Crippen molar-refractivity contribution < 1.29 is 14.3 Å². The first kappa shape index (κ1) is 17.5. The number of H-pyrrole nitrogens is 1. The smallest absolute Gasteiger partial charge is 0.274 e. The van der Waals surface area contributed by atoms with Crippen LogP contribution in [0.5, 0.6) is 0 Å². The number of furan rings is 1. The van der Waals surface area contributed by atoms with Crippen molar-refractivity contribution in [3.05, 3.63) is 65.0 Å². The molecule has 2 N–H and O–H groups in total. The summed E-state index contributed by atoms with van der Waals surface area (Å²) in [6, 6.07) is 13.5. The van der Waals surface area contributed by atoms with Gasteiger partial charge in [-0.3, -0.25) is 9.89 Å². The summed E-state index contributed by atoms with van der Waals surface area (Å²) in [4.78, 5) is 14.6. The van der Waals surface area contributed by atoms with Gasteiger partial charge in [-0.15, -0.1) is 0 Å². The maximum atomic E-state index is 12.8. The van der Waals surface area contributed by atoms with E-state index in [1.165, 1.54) is 5.56 Å². The molecule has 1 aromatic carbocycles. The standard InChI is InChI=1S/C21H23N3O3/c1-14-5-6-20(27-14)18-11-19(23-22-18)21(26)24-8-7-16(12-24)9-15-3-2-4-17(10-15)13-25/h2-6,10-11,16,25H,7-9,12-13H2,1H3,(H,22,23)/t16-/m0/s1. The number of rotatable bonds is 5. The van der Waals surface area contributed by atoms with Crippen molar-refractivity contribution in [3.8, 4) is 11.5 Å². The molecular formula is C21H23N3O3. The zero-order valence-corrected chi connectivity index (χ0v) is 15.3. The number of aliphatic hydroxyl groups is 1. The summed E-state index contributed by atoms with van der Waals surface area (Å²) in [5, 5.41) is 16.3. The number of hydrogen-bond acceptors (Lipinski definition) is 4. The number of likely N-dealkylation sites (tertiary alicyclic amines) is 1. The van der Waals surface area contributed by atoms with Crippen molar-refractivity contribution >= 4 is 5.91 Å². The van der Waals surface area contributed by atoms with Gasteiger partial charge in [0.1, 0.15) is 11.5 Å². The zero-order chi connectivity index (χ0) is 18.8. The van der Waals surface area contributed by atoms with Crippen LogP contribution in [0.3, 0.4) is 0 Å². The Labute approximate surface area is 157 Å². The van der Waals surface area contributed by atoms with Gasteiger partial charge in [-0.1, -0.05) is 24.3 Å². The molecule has 6 heteroatoms. The quantitative estimate of drug-likeness (QED) is 0.727. The fourth-order valence-corrected chi connectivity index (χ4v) is 3.67. The monoisotopic (exact) mass is 365 g/mol. The van der Waals surface area contributed by atoms with Gasteiger partial charge in [-0.05, 0) is 48.9 Å². The lowest BCUT2D eigenvalue weighted by molar-refractivity contribution is 0.0781. The van der Waals surface area contributed by atoms with Crippen molar-refractivity contribution in [3.63, 3.8) is 0 Å². The number of carbonyl (C=O) groups is 1. The van der Waals surface area contributed by atoms with Crippen molar-refractivity contribution in [2.45, 2.75) is 26.4 Å². The highest BCUT2D eigenvalue weighted by Gasteiger charge is 2.28. The zero-order valence-electron chi connectivity index (χ0n) is 15.3. The molecule has 3 heterocycles. The summed E-state index contributed by atoms with van der Waals surface area (Å²) >= 11 is 0. The molecular weight excluding hydrogens is 342 g/mol. The number of nitrogens with one attached hydrogen (secondary N) is 1. The lowest BCUT2D eigenvalue weighted by Gasteiger charge is -2.15. The Morgan fingerprint density at radius 3 is 2.93 bits per heavy atom. The Kier molecular flexibility index (Phi) is 4.81. The topological polar surface area (TPSA) is 82.4 Å². The third-order valence-corrected chi connectivity index (χ3v) is 5.07. The molecule has 0 saturated carbocycles. The summed E-state index contributed by atoms with van der Waals surface area (Å²) in [5.41, 5.74) is 3.26. The third-order valence-electron chi connectivity index (χ3n) is 5.07. The molecule has 3 aromatic rings. The highest BCUT2D eigenvalue weighted by Crippen LogP contribution is 2.25. The lowest BCUT2D eigenvalue weighted by Crippen LogP contribution is -2.29. The Hall–Kier alpha value is -2.86. The minimum absolute atomic E-state index is 0.0487.